The van der Waals surface area contributed by atoms with Crippen LogP contribution in [0.4, 0.5) is 5.82 Å². The Morgan fingerprint density at radius 1 is 1.30 bits per heavy atom. The van der Waals surface area contributed by atoms with Crippen molar-refractivity contribution in [3.8, 4) is 0 Å². The van der Waals surface area contributed by atoms with Crippen molar-refractivity contribution in [1.29, 1.82) is 0 Å². The minimum atomic E-state index is 0. The number of ether oxygens (including phenoxy) is 1. The first-order valence-corrected chi connectivity index (χ1v) is 8.67. The monoisotopic (exact) mass is 441 g/mol. The van der Waals surface area contributed by atoms with Crippen molar-refractivity contribution < 1.29 is 9.53 Å². The molecule has 1 aromatic heterocycles. The molecule has 156 valence electrons. The van der Waals surface area contributed by atoms with Crippen molar-refractivity contribution in [2.45, 2.75) is 19.0 Å². The Hall–Kier alpha value is -0.830. The van der Waals surface area contributed by atoms with Crippen LogP contribution in [-0.2, 0) is 16.1 Å². The molecule has 2 saturated heterocycles. The smallest absolute Gasteiger partial charge is 0.221 e. The second kappa shape index (κ2) is 13.4. The molecule has 2 N–H and O–H groups in total. The van der Waals surface area contributed by atoms with Crippen LogP contribution >= 0.6 is 37.2 Å². The van der Waals surface area contributed by atoms with Crippen molar-refractivity contribution in [3.05, 3.63) is 23.9 Å². The molecule has 1 aromatic rings. The van der Waals surface area contributed by atoms with Gasteiger partial charge in [0, 0.05) is 57.9 Å². The Morgan fingerprint density at radius 2 is 2.04 bits per heavy atom. The fraction of sp³-hybridized carbons (Fsp3) is 0.647. The van der Waals surface area contributed by atoms with Gasteiger partial charge in [-0.15, -0.1) is 37.2 Å². The zero-order valence-corrected chi connectivity index (χ0v) is 18.0. The van der Waals surface area contributed by atoms with E-state index in [0.29, 0.717) is 19.6 Å². The molecule has 2 fully saturated rings. The molecule has 0 aromatic carbocycles. The Labute approximate surface area is 179 Å². The molecule has 0 saturated carbocycles. The first kappa shape index (κ1) is 26.2. The van der Waals surface area contributed by atoms with E-state index in [4.69, 9.17) is 4.74 Å². The van der Waals surface area contributed by atoms with Gasteiger partial charge in [-0.3, -0.25) is 4.79 Å². The summed E-state index contributed by atoms with van der Waals surface area (Å²) in [6, 6.07) is 4.16. The van der Waals surface area contributed by atoms with Gasteiger partial charge in [-0.1, -0.05) is 0 Å². The van der Waals surface area contributed by atoms with E-state index in [1.807, 2.05) is 12.3 Å². The van der Waals surface area contributed by atoms with Crippen LogP contribution in [-0.4, -0.2) is 74.8 Å². The number of likely N-dealkylation sites (N-methyl/N-ethyl adjacent to an activating group) is 1. The van der Waals surface area contributed by atoms with Crippen molar-refractivity contribution in [1.82, 2.24) is 20.5 Å². The molecule has 0 spiro atoms. The van der Waals surface area contributed by atoms with Gasteiger partial charge >= 0.3 is 0 Å². The number of nitrogens with zero attached hydrogens (tertiary/aromatic N) is 3. The first-order valence-electron chi connectivity index (χ1n) is 8.67. The van der Waals surface area contributed by atoms with Crippen LogP contribution in [0.15, 0.2) is 18.3 Å². The third-order valence-electron chi connectivity index (χ3n) is 4.56. The molecule has 10 heteroatoms. The topological polar surface area (TPSA) is 69.7 Å². The summed E-state index contributed by atoms with van der Waals surface area (Å²) >= 11 is 0. The number of anilines is 1. The highest BCUT2D eigenvalue weighted by Gasteiger charge is 2.17. The van der Waals surface area contributed by atoms with Crippen molar-refractivity contribution in [2.75, 3.05) is 57.9 Å². The lowest BCUT2D eigenvalue weighted by Gasteiger charge is -2.33. The van der Waals surface area contributed by atoms with Crippen LogP contribution in [0.5, 0.6) is 0 Å². The van der Waals surface area contributed by atoms with Gasteiger partial charge in [0.1, 0.15) is 5.82 Å². The maximum absolute atomic E-state index is 12.1. The minimum absolute atomic E-state index is 0. The average molecular weight is 443 g/mol. The zero-order chi connectivity index (χ0) is 16.8. The number of halogens is 3. The predicted molar refractivity (Wildman–Crippen MR) is 115 cm³/mol. The van der Waals surface area contributed by atoms with E-state index < -0.39 is 0 Å². The van der Waals surface area contributed by atoms with Gasteiger partial charge in [0.15, 0.2) is 0 Å². The van der Waals surface area contributed by atoms with Gasteiger partial charge in [0.25, 0.3) is 0 Å². The van der Waals surface area contributed by atoms with E-state index in [0.717, 1.165) is 50.7 Å². The number of pyridine rings is 1. The molecule has 2 aliphatic heterocycles. The van der Waals surface area contributed by atoms with E-state index in [1.165, 1.54) is 0 Å². The molecule has 0 bridgehead atoms. The fourth-order valence-corrected chi connectivity index (χ4v) is 3.03. The van der Waals surface area contributed by atoms with Crippen LogP contribution in [0, 0.1) is 0 Å². The van der Waals surface area contributed by atoms with Gasteiger partial charge in [-0.25, -0.2) is 4.98 Å². The second-order valence-corrected chi connectivity index (χ2v) is 6.52. The van der Waals surface area contributed by atoms with Crippen LogP contribution in [0.25, 0.3) is 0 Å². The highest BCUT2D eigenvalue weighted by atomic mass is 35.5. The Kier molecular flexibility index (Phi) is 13.0. The second-order valence-electron chi connectivity index (χ2n) is 6.52. The van der Waals surface area contributed by atoms with E-state index in [-0.39, 0.29) is 49.2 Å². The highest BCUT2D eigenvalue weighted by molar-refractivity contribution is 5.86. The van der Waals surface area contributed by atoms with Gasteiger partial charge in [-0.2, -0.15) is 0 Å². The van der Waals surface area contributed by atoms with E-state index >= 15 is 0 Å². The molecule has 27 heavy (non-hydrogen) atoms. The highest BCUT2D eigenvalue weighted by Crippen LogP contribution is 2.14. The Bertz CT molecular complexity index is 553. The van der Waals surface area contributed by atoms with Crippen LogP contribution < -0.4 is 15.5 Å². The number of rotatable bonds is 5. The lowest BCUT2D eigenvalue weighted by atomic mass is 10.2. The SMILES string of the molecule is CN1CCN(c2cc(CNC(=O)CC3COCCN3)ccn2)CC1.Cl.Cl.Cl. The summed E-state index contributed by atoms with van der Waals surface area (Å²) in [7, 11) is 2.14. The maximum atomic E-state index is 12.1. The molecule has 0 radical (unpaired) electrons. The molecule has 1 atom stereocenters. The van der Waals surface area contributed by atoms with Crippen molar-refractivity contribution in [3.63, 3.8) is 0 Å². The standard InChI is InChI=1S/C17H27N5O2.3ClH/c1-21-5-7-22(8-6-21)16-10-14(2-3-19-16)12-20-17(23)11-15-13-24-9-4-18-15;;;/h2-3,10,15,18H,4-9,11-13H2,1H3,(H,20,23);3*1H. The minimum Gasteiger partial charge on any atom is -0.378 e. The Balaban J connectivity index is 0.00000225. The molecular formula is C17H30Cl3N5O2. The molecule has 7 nitrogen and oxygen atoms in total. The largest absolute Gasteiger partial charge is 0.378 e. The molecule has 0 aliphatic carbocycles. The van der Waals surface area contributed by atoms with Crippen LogP contribution in [0.1, 0.15) is 12.0 Å². The predicted octanol–water partition coefficient (Wildman–Crippen LogP) is 1.09. The third kappa shape index (κ3) is 8.37. The first-order chi connectivity index (χ1) is 11.7. The van der Waals surface area contributed by atoms with Gasteiger partial charge in [0.2, 0.25) is 5.91 Å². The van der Waals surface area contributed by atoms with Gasteiger partial charge in [-0.05, 0) is 24.7 Å². The lowest BCUT2D eigenvalue weighted by Crippen LogP contribution is -2.45. The van der Waals surface area contributed by atoms with Crippen molar-refractivity contribution in [2.24, 2.45) is 0 Å². The molecule has 3 rings (SSSR count). The summed E-state index contributed by atoms with van der Waals surface area (Å²) in [4.78, 5) is 21.2. The maximum Gasteiger partial charge on any atom is 0.221 e. The number of carbonyl (C=O) groups excluding carboxylic acids is 1. The summed E-state index contributed by atoms with van der Waals surface area (Å²) in [6.45, 7) is 6.78. The summed E-state index contributed by atoms with van der Waals surface area (Å²) in [5.74, 6) is 1.05. The van der Waals surface area contributed by atoms with E-state index in [9.17, 15) is 4.79 Å². The number of aromatic nitrogens is 1. The summed E-state index contributed by atoms with van der Waals surface area (Å²) in [5.41, 5.74) is 1.08. The molecule has 1 unspecified atom stereocenters. The quantitative estimate of drug-likeness (QED) is 0.711. The normalized spacial score (nSPS) is 19.9. The third-order valence-corrected chi connectivity index (χ3v) is 4.56. The number of amides is 1. The van der Waals surface area contributed by atoms with E-state index in [2.05, 4.69) is 38.5 Å². The van der Waals surface area contributed by atoms with Crippen molar-refractivity contribution >= 4 is 48.9 Å². The molecule has 1 amide bonds. The molecule has 2 aliphatic rings. The van der Waals surface area contributed by atoms with Crippen LogP contribution in [0.2, 0.25) is 0 Å². The molecule has 3 heterocycles. The fourth-order valence-electron chi connectivity index (χ4n) is 3.03. The number of nitrogens with one attached hydrogen (secondary N) is 2. The number of hydrogen-bond acceptors (Lipinski definition) is 6. The zero-order valence-electron chi connectivity index (χ0n) is 15.6. The summed E-state index contributed by atoms with van der Waals surface area (Å²) in [5, 5.41) is 6.29. The van der Waals surface area contributed by atoms with Crippen LogP contribution in [0.3, 0.4) is 0 Å². The van der Waals surface area contributed by atoms with Gasteiger partial charge in [0.05, 0.1) is 13.2 Å². The van der Waals surface area contributed by atoms with E-state index in [1.54, 1.807) is 0 Å². The Morgan fingerprint density at radius 3 is 2.70 bits per heavy atom. The molecular weight excluding hydrogens is 413 g/mol. The summed E-state index contributed by atoms with van der Waals surface area (Å²) in [6.07, 6.45) is 2.28. The number of hydrogen-bond donors (Lipinski definition) is 2. The van der Waals surface area contributed by atoms with Gasteiger partial charge < -0.3 is 25.2 Å². The lowest BCUT2D eigenvalue weighted by molar-refractivity contribution is -0.122. The number of morpholine rings is 1. The number of piperazine rings is 1. The summed E-state index contributed by atoms with van der Waals surface area (Å²) < 4.78 is 5.38. The number of carbonyl (C=O) groups is 1. The average Bonchev–Trinajstić information content (AvgIpc) is 2.62.